The Morgan fingerprint density at radius 1 is 1.22 bits per heavy atom. The van der Waals surface area contributed by atoms with E-state index in [1.165, 1.54) is 0 Å². The van der Waals surface area contributed by atoms with Crippen molar-refractivity contribution in [2.45, 2.75) is 31.9 Å². The highest BCUT2D eigenvalue weighted by Crippen LogP contribution is 2.39. The maximum absolute atomic E-state index is 12.9. The number of aromatic nitrogens is 2. The standard InChI is InChI=1S/C20H27N5O2/c1-20(2)12-17(16-6-4-5-7-18(16)27-20)22-19(26)25-10-8-24(9-11-25)15-13-21-23(3)14-15/h4-7,13-14,17H,8-12H2,1-3H3,(H,22,26). The molecule has 2 aromatic rings. The van der Waals surface area contributed by atoms with E-state index in [2.05, 4.69) is 29.2 Å². The molecule has 1 unspecified atom stereocenters. The number of anilines is 1. The molecule has 0 aliphatic carbocycles. The summed E-state index contributed by atoms with van der Waals surface area (Å²) in [6.07, 6.45) is 4.64. The van der Waals surface area contributed by atoms with Crippen molar-refractivity contribution >= 4 is 11.7 Å². The maximum Gasteiger partial charge on any atom is 0.318 e. The summed E-state index contributed by atoms with van der Waals surface area (Å²) in [4.78, 5) is 17.0. The van der Waals surface area contributed by atoms with Crippen molar-refractivity contribution in [3.05, 3.63) is 42.2 Å². The zero-order valence-corrected chi connectivity index (χ0v) is 16.2. The molecule has 2 aliphatic heterocycles. The van der Waals surface area contributed by atoms with Crippen molar-refractivity contribution in [2.75, 3.05) is 31.1 Å². The van der Waals surface area contributed by atoms with Gasteiger partial charge in [-0.15, -0.1) is 0 Å². The molecule has 3 heterocycles. The Labute approximate surface area is 159 Å². The highest BCUT2D eigenvalue weighted by molar-refractivity contribution is 5.75. The summed E-state index contributed by atoms with van der Waals surface area (Å²) in [6.45, 7) is 7.16. The molecule has 7 heteroatoms. The van der Waals surface area contributed by atoms with Gasteiger partial charge in [0.25, 0.3) is 0 Å². The van der Waals surface area contributed by atoms with Gasteiger partial charge in [0.2, 0.25) is 0 Å². The van der Waals surface area contributed by atoms with Crippen LogP contribution in [0, 0.1) is 0 Å². The first-order valence-electron chi connectivity index (χ1n) is 9.48. The quantitative estimate of drug-likeness (QED) is 0.884. The number of piperazine rings is 1. The van der Waals surface area contributed by atoms with Gasteiger partial charge in [0.15, 0.2) is 0 Å². The van der Waals surface area contributed by atoms with E-state index < -0.39 is 0 Å². The van der Waals surface area contributed by atoms with Crippen molar-refractivity contribution in [3.63, 3.8) is 0 Å². The fraction of sp³-hybridized carbons (Fsp3) is 0.500. The van der Waals surface area contributed by atoms with Gasteiger partial charge in [-0.1, -0.05) is 18.2 Å². The molecule has 1 fully saturated rings. The van der Waals surface area contributed by atoms with Crippen LogP contribution in [0.4, 0.5) is 10.5 Å². The Morgan fingerprint density at radius 3 is 2.67 bits per heavy atom. The predicted molar refractivity (Wildman–Crippen MR) is 104 cm³/mol. The van der Waals surface area contributed by atoms with E-state index in [0.717, 1.165) is 36.5 Å². The Bertz CT molecular complexity index is 823. The highest BCUT2D eigenvalue weighted by atomic mass is 16.5. The average Bonchev–Trinajstić information content (AvgIpc) is 3.07. The summed E-state index contributed by atoms with van der Waals surface area (Å²) in [5.74, 6) is 0.862. The van der Waals surface area contributed by atoms with Crippen LogP contribution in [0.15, 0.2) is 36.7 Å². The third-order valence-electron chi connectivity index (χ3n) is 5.30. The molecular formula is C20H27N5O2. The first kappa shape index (κ1) is 17.7. The number of ether oxygens (including phenoxy) is 1. The summed E-state index contributed by atoms with van der Waals surface area (Å²) in [6, 6.07) is 7.94. The number of amides is 2. The van der Waals surface area contributed by atoms with E-state index in [-0.39, 0.29) is 17.7 Å². The van der Waals surface area contributed by atoms with Crippen molar-refractivity contribution in [3.8, 4) is 5.75 Å². The third kappa shape index (κ3) is 3.72. The van der Waals surface area contributed by atoms with Crippen LogP contribution < -0.4 is 15.0 Å². The Hall–Kier alpha value is -2.70. The largest absolute Gasteiger partial charge is 0.487 e. The van der Waals surface area contributed by atoms with Gasteiger partial charge in [0.1, 0.15) is 11.4 Å². The second-order valence-electron chi connectivity index (χ2n) is 7.95. The SMILES string of the molecule is Cn1cc(N2CCN(C(=O)NC3CC(C)(C)Oc4ccccc43)CC2)cn1. The summed E-state index contributed by atoms with van der Waals surface area (Å²) >= 11 is 0. The summed E-state index contributed by atoms with van der Waals surface area (Å²) < 4.78 is 7.87. The highest BCUT2D eigenvalue weighted by Gasteiger charge is 2.35. The molecule has 4 rings (SSSR count). The lowest BCUT2D eigenvalue weighted by atomic mass is 9.90. The lowest BCUT2D eigenvalue weighted by Gasteiger charge is -2.40. The van der Waals surface area contributed by atoms with E-state index in [0.29, 0.717) is 13.1 Å². The summed E-state index contributed by atoms with van der Waals surface area (Å²) in [5, 5.41) is 7.46. The minimum Gasteiger partial charge on any atom is -0.487 e. The monoisotopic (exact) mass is 369 g/mol. The van der Waals surface area contributed by atoms with E-state index in [4.69, 9.17) is 4.74 Å². The first-order valence-corrected chi connectivity index (χ1v) is 9.48. The number of rotatable bonds is 2. The molecule has 0 saturated carbocycles. The third-order valence-corrected chi connectivity index (χ3v) is 5.30. The Morgan fingerprint density at radius 2 is 1.96 bits per heavy atom. The average molecular weight is 369 g/mol. The molecule has 1 N–H and O–H groups in total. The molecular weight excluding hydrogens is 342 g/mol. The lowest BCUT2D eigenvalue weighted by molar-refractivity contribution is 0.0664. The Kier molecular flexibility index (Phi) is 4.45. The van der Waals surface area contributed by atoms with Crippen LogP contribution >= 0.6 is 0 Å². The molecule has 0 bridgehead atoms. The Balaban J connectivity index is 1.40. The molecule has 1 aromatic heterocycles. The van der Waals surface area contributed by atoms with Gasteiger partial charge in [-0.25, -0.2) is 4.79 Å². The van der Waals surface area contributed by atoms with Gasteiger partial charge in [-0.3, -0.25) is 4.68 Å². The van der Waals surface area contributed by atoms with Gasteiger partial charge in [0.05, 0.1) is 17.9 Å². The van der Waals surface area contributed by atoms with Crippen LogP contribution in [0.1, 0.15) is 31.9 Å². The van der Waals surface area contributed by atoms with Crippen LogP contribution in [0.5, 0.6) is 5.75 Å². The number of carbonyl (C=O) groups is 1. The van der Waals surface area contributed by atoms with E-state index in [1.807, 2.05) is 48.6 Å². The smallest absolute Gasteiger partial charge is 0.318 e. The number of benzene rings is 1. The van der Waals surface area contributed by atoms with Crippen molar-refractivity contribution in [1.29, 1.82) is 0 Å². The number of para-hydroxylation sites is 1. The molecule has 1 atom stereocenters. The van der Waals surface area contributed by atoms with Crippen molar-refractivity contribution in [1.82, 2.24) is 20.0 Å². The topological polar surface area (TPSA) is 62.6 Å². The lowest BCUT2D eigenvalue weighted by Crippen LogP contribution is -2.53. The molecule has 7 nitrogen and oxygen atoms in total. The number of hydrogen-bond donors (Lipinski definition) is 1. The second kappa shape index (κ2) is 6.79. The van der Waals surface area contributed by atoms with Crippen LogP contribution in [-0.2, 0) is 7.05 Å². The number of hydrogen-bond acceptors (Lipinski definition) is 4. The molecule has 2 aliphatic rings. The number of aryl methyl sites for hydroxylation is 1. The van der Waals surface area contributed by atoms with Gasteiger partial charge in [-0.05, 0) is 19.9 Å². The molecule has 1 saturated heterocycles. The van der Waals surface area contributed by atoms with Gasteiger partial charge < -0.3 is 19.9 Å². The van der Waals surface area contributed by atoms with E-state index >= 15 is 0 Å². The number of nitrogens with zero attached hydrogens (tertiary/aromatic N) is 4. The minimum atomic E-state index is -0.300. The van der Waals surface area contributed by atoms with Crippen LogP contribution in [0.2, 0.25) is 0 Å². The van der Waals surface area contributed by atoms with E-state index in [9.17, 15) is 4.79 Å². The zero-order valence-electron chi connectivity index (χ0n) is 16.2. The second-order valence-corrected chi connectivity index (χ2v) is 7.95. The van der Waals surface area contributed by atoms with Crippen molar-refractivity contribution < 1.29 is 9.53 Å². The number of urea groups is 1. The number of fused-ring (bicyclic) bond motifs is 1. The fourth-order valence-corrected chi connectivity index (χ4v) is 3.91. The van der Waals surface area contributed by atoms with Gasteiger partial charge in [-0.2, -0.15) is 5.10 Å². The maximum atomic E-state index is 12.9. The minimum absolute atomic E-state index is 0.00154. The van der Waals surface area contributed by atoms with Crippen LogP contribution in [0.3, 0.4) is 0 Å². The molecule has 2 amide bonds. The van der Waals surface area contributed by atoms with Gasteiger partial charge >= 0.3 is 6.03 Å². The fourth-order valence-electron chi connectivity index (χ4n) is 3.91. The normalized spacial score (nSPS) is 21.4. The molecule has 27 heavy (non-hydrogen) atoms. The molecule has 1 aromatic carbocycles. The van der Waals surface area contributed by atoms with E-state index in [1.54, 1.807) is 4.68 Å². The molecule has 0 spiro atoms. The number of carbonyl (C=O) groups excluding carboxylic acids is 1. The molecule has 144 valence electrons. The van der Waals surface area contributed by atoms with Crippen LogP contribution in [0.25, 0.3) is 0 Å². The molecule has 0 radical (unpaired) electrons. The summed E-state index contributed by atoms with van der Waals surface area (Å²) in [7, 11) is 1.92. The van der Waals surface area contributed by atoms with Crippen molar-refractivity contribution in [2.24, 2.45) is 7.05 Å². The van der Waals surface area contributed by atoms with Crippen LogP contribution in [-0.4, -0.2) is 52.5 Å². The predicted octanol–water partition coefficient (Wildman–Crippen LogP) is 2.55. The zero-order chi connectivity index (χ0) is 19.0. The number of nitrogens with one attached hydrogen (secondary N) is 1. The van der Waals surface area contributed by atoms with Gasteiger partial charge in [0, 0.05) is 51.4 Å². The summed E-state index contributed by atoms with van der Waals surface area (Å²) in [5.41, 5.74) is 1.86. The first-order chi connectivity index (χ1) is 12.9.